The predicted octanol–water partition coefficient (Wildman–Crippen LogP) is 3.84. The highest BCUT2D eigenvalue weighted by Crippen LogP contribution is 2.27. The molecule has 0 radical (unpaired) electrons. The fraction of sp³-hybridized carbons (Fsp3) is 0.333. The molecule has 0 bridgehead atoms. The van der Waals surface area contributed by atoms with Gasteiger partial charge in [0.15, 0.2) is 5.82 Å². The Hall–Kier alpha value is -1.62. The number of nitrogens with two attached hydrogens (primary N) is 1. The van der Waals surface area contributed by atoms with E-state index in [1.807, 2.05) is 31.2 Å². The van der Waals surface area contributed by atoms with Gasteiger partial charge < -0.3 is 10.5 Å². The molecule has 0 aliphatic heterocycles. The van der Waals surface area contributed by atoms with Crippen LogP contribution in [0.15, 0.2) is 28.7 Å². The van der Waals surface area contributed by atoms with Gasteiger partial charge in [0.25, 0.3) is 0 Å². The summed E-state index contributed by atoms with van der Waals surface area (Å²) in [7, 11) is 0. The lowest BCUT2D eigenvalue weighted by molar-refractivity contribution is 0.317. The molecule has 106 valence electrons. The van der Waals surface area contributed by atoms with Crippen LogP contribution in [0.2, 0.25) is 0 Å². The summed E-state index contributed by atoms with van der Waals surface area (Å²) in [5.41, 5.74) is 7.74. The number of nitrogens with zero attached hydrogens (tertiary/aromatic N) is 2. The Labute approximate surface area is 127 Å². The van der Waals surface area contributed by atoms with E-state index in [0.717, 1.165) is 34.3 Å². The molecule has 0 saturated carbocycles. The van der Waals surface area contributed by atoms with Gasteiger partial charge in [0.2, 0.25) is 0 Å². The summed E-state index contributed by atoms with van der Waals surface area (Å²) >= 11 is 3.42. The van der Waals surface area contributed by atoms with E-state index in [0.29, 0.717) is 18.2 Å². The number of nitrogen functional groups attached to an aromatic ring is 1. The zero-order valence-electron chi connectivity index (χ0n) is 11.7. The largest absolute Gasteiger partial charge is 0.494 e. The lowest BCUT2D eigenvalue weighted by Gasteiger charge is -2.09. The number of aryl methyl sites for hydroxylation is 1. The zero-order valence-corrected chi connectivity index (χ0v) is 13.3. The average molecular weight is 336 g/mol. The van der Waals surface area contributed by atoms with E-state index >= 15 is 0 Å². The first kappa shape index (κ1) is 14.8. The van der Waals surface area contributed by atoms with Gasteiger partial charge in [-0.25, -0.2) is 9.97 Å². The van der Waals surface area contributed by atoms with Crippen LogP contribution in [0, 0.1) is 0 Å². The van der Waals surface area contributed by atoms with Crippen molar-refractivity contribution in [3.05, 3.63) is 34.4 Å². The summed E-state index contributed by atoms with van der Waals surface area (Å²) in [6.07, 6.45) is 1.78. The maximum Gasteiger partial charge on any atom is 0.161 e. The SMILES string of the molecule is CCCOc1cccc(-c2nc(N)c(Br)c(CC)n2)c1. The van der Waals surface area contributed by atoms with Gasteiger partial charge in [0.1, 0.15) is 11.6 Å². The van der Waals surface area contributed by atoms with Gasteiger partial charge in [-0.15, -0.1) is 0 Å². The van der Waals surface area contributed by atoms with Crippen molar-refractivity contribution in [2.24, 2.45) is 0 Å². The summed E-state index contributed by atoms with van der Waals surface area (Å²) in [5.74, 6) is 1.92. The summed E-state index contributed by atoms with van der Waals surface area (Å²) in [4.78, 5) is 8.89. The summed E-state index contributed by atoms with van der Waals surface area (Å²) in [6.45, 7) is 4.82. The molecule has 2 aromatic rings. The lowest BCUT2D eigenvalue weighted by atomic mass is 10.2. The smallest absolute Gasteiger partial charge is 0.161 e. The quantitative estimate of drug-likeness (QED) is 0.901. The molecule has 5 heteroatoms. The monoisotopic (exact) mass is 335 g/mol. The maximum atomic E-state index is 5.92. The number of hydrogen-bond acceptors (Lipinski definition) is 4. The molecule has 0 amide bonds. The Kier molecular flexibility index (Phi) is 4.95. The molecule has 0 aliphatic rings. The van der Waals surface area contributed by atoms with Gasteiger partial charge >= 0.3 is 0 Å². The Bertz CT molecular complexity index is 602. The van der Waals surface area contributed by atoms with Crippen molar-refractivity contribution < 1.29 is 4.74 Å². The van der Waals surface area contributed by atoms with Crippen LogP contribution in [0.3, 0.4) is 0 Å². The highest BCUT2D eigenvalue weighted by atomic mass is 79.9. The first-order valence-electron chi connectivity index (χ1n) is 6.70. The normalized spacial score (nSPS) is 10.6. The van der Waals surface area contributed by atoms with Crippen molar-refractivity contribution in [3.8, 4) is 17.1 Å². The van der Waals surface area contributed by atoms with Crippen molar-refractivity contribution in [2.75, 3.05) is 12.3 Å². The van der Waals surface area contributed by atoms with E-state index in [2.05, 4.69) is 32.8 Å². The van der Waals surface area contributed by atoms with Crippen molar-refractivity contribution in [1.29, 1.82) is 0 Å². The van der Waals surface area contributed by atoms with E-state index in [-0.39, 0.29) is 0 Å². The minimum atomic E-state index is 0.465. The Balaban J connectivity index is 2.38. The van der Waals surface area contributed by atoms with Crippen molar-refractivity contribution in [1.82, 2.24) is 9.97 Å². The van der Waals surface area contributed by atoms with Crippen LogP contribution < -0.4 is 10.5 Å². The number of benzene rings is 1. The van der Waals surface area contributed by atoms with E-state index in [1.54, 1.807) is 0 Å². The van der Waals surface area contributed by atoms with Gasteiger partial charge in [-0.3, -0.25) is 0 Å². The molecule has 0 atom stereocenters. The number of aromatic nitrogens is 2. The van der Waals surface area contributed by atoms with Crippen LogP contribution >= 0.6 is 15.9 Å². The molecular formula is C15H18BrN3O. The molecule has 0 unspecified atom stereocenters. The van der Waals surface area contributed by atoms with Gasteiger partial charge in [-0.05, 0) is 40.9 Å². The van der Waals surface area contributed by atoms with Gasteiger partial charge in [0, 0.05) is 5.56 Å². The van der Waals surface area contributed by atoms with Crippen molar-refractivity contribution in [3.63, 3.8) is 0 Å². The van der Waals surface area contributed by atoms with E-state index in [4.69, 9.17) is 10.5 Å². The van der Waals surface area contributed by atoms with Crippen LogP contribution in [0.4, 0.5) is 5.82 Å². The summed E-state index contributed by atoms with van der Waals surface area (Å²) in [6, 6.07) is 7.77. The third-order valence-electron chi connectivity index (χ3n) is 2.85. The predicted molar refractivity (Wildman–Crippen MR) is 84.7 cm³/mol. The number of rotatable bonds is 5. The molecular weight excluding hydrogens is 318 g/mol. The number of ether oxygens (including phenoxy) is 1. The fourth-order valence-electron chi connectivity index (χ4n) is 1.82. The minimum absolute atomic E-state index is 0.465. The molecule has 0 aliphatic carbocycles. The molecule has 0 spiro atoms. The Morgan fingerprint density at radius 3 is 2.75 bits per heavy atom. The third kappa shape index (κ3) is 3.28. The highest BCUT2D eigenvalue weighted by molar-refractivity contribution is 9.10. The Morgan fingerprint density at radius 1 is 1.25 bits per heavy atom. The molecule has 0 saturated heterocycles. The molecule has 20 heavy (non-hydrogen) atoms. The van der Waals surface area contributed by atoms with Gasteiger partial charge in [-0.2, -0.15) is 0 Å². The first-order chi connectivity index (χ1) is 9.65. The van der Waals surface area contributed by atoms with E-state index in [1.165, 1.54) is 0 Å². The van der Waals surface area contributed by atoms with Crippen molar-refractivity contribution in [2.45, 2.75) is 26.7 Å². The van der Waals surface area contributed by atoms with E-state index < -0.39 is 0 Å². The van der Waals surface area contributed by atoms with Crippen LogP contribution in [-0.4, -0.2) is 16.6 Å². The van der Waals surface area contributed by atoms with E-state index in [9.17, 15) is 0 Å². The standard InChI is InChI=1S/C15H18BrN3O/c1-3-8-20-11-7-5-6-10(9-11)15-18-12(4-2)13(16)14(17)19-15/h5-7,9H,3-4,8H2,1-2H3,(H2,17,18,19). The van der Waals surface area contributed by atoms with Crippen LogP contribution in [0.25, 0.3) is 11.4 Å². The number of halogens is 1. The lowest BCUT2D eigenvalue weighted by Crippen LogP contribution is -2.02. The third-order valence-corrected chi connectivity index (χ3v) is 3.71. The second-order valence-electron chi connectivity index (χ2n) is 4.42. The second kappa shape index (κ2) is 6.70. The molecule has 4 nitrogen and oxygen atoms in total. The molecule has 1 aromatic carbocycles. The molecule has 2 N–H and O–H groups in total. The summed E-state index contributed by atoms with van der Waals surface area (Å²) in [5, 5.41) is 0. The van der Waals surface area contributed by atoms with Crippen molar-refractivity contribution >= 4 is 21.7 Å². The topological polar surface area (TPSA) is 61.0 Å². The Morgan fingerprint density at radius 2 is 2.05 bits per heavy atom. The molecule has 2 rings (SSSR count). The highest BCUT2D eigenvalue weighted by Gasteiger charge is 2.10. The van der Waals surface area contributed by atoms with Crippen LogP contribution in [0.1, 0.15) is 26.0 Å². The second-order valence-corrected chi connectivity index (χ2v) is 5.22. The van der Waals surface area contributed by atoms with Gasteiger partial charge in [-0.1, -0.05) is 26.0 Å². The fourth-order valence-corrected chi connectivity index (χ4v) is 2.28. The zero-order chi connectivity index (χ0) is 14.5. The molecule has 0 fully saturated rings. The minimum Gasteiger partial charge on any atom is -0.494 e. The summed E-state index contributed by atoms with van der Waals surface area (Å²) < 4.78 is 6.41. The first-order valence-corrected chi connectivity index (χ1v) is 7.50. The maximum absolute atomic E-state index is 5.92. The number of hydrogen-bond donors (Lipinski definition) is 1. The molecule has 1 heterocycles. The number of anilines is 1. The van der Waals surface area contributed by atoms with Crippen LogP contribution in [0.5, 0.6) is 5.75 Å². The van der Waals surface area contributed by atoms with Gasteiger partial charge in [0.05, 0.1) is 16.8 Å². The average Bonchev–Trinajstić information content (AvgIpc) is 2.48. The van der Waals surface area contributed by atoms with Crippen LogP contribution in [-0.2, 0) is 6.42 Å². The molecule has 1 aromatic heterocycles.